The fourth-order valence-corrected chi connectivity index (χ4v) is 6.31. The molecule has 1 aliphatic heterocycles. The van der Waals surface area contributed by atoms with Gasteiger partial charge < -0.3 is 15.6 Å². The second kappa shape index (κ2) is 9.87. The summed E-state index contributed by atoms with van der Waals surface area (Å²) in [4.78, 5) is 41.0. The van der Waals surface area contributed by atoms with Gasteiger partial charge in [0.15, 0.2) is 9.84 Å². The molecule has 9 nitrogen and oxygen atoms in total. The third-order valence-corrected chi connectivity index (χ3v) is 8.45. The molecule has 2 amide bonds. The van der Waals surface area contributed by atoms with Gasteiger partial charge in [0.25, 0.3) is 17.4 Å². The maximum atomic E-state index is 13.0. The van der Waals surface area contributed by atoms with E-state index in [1.165, 1.54) is 10.6 Å². The van der Waals surface area contributed by atoms with Gasteiger partial charge in [0.05, 0.1) is 28.6 Å². The molecule has 2 aromatic heterocycles. The predicted molar refractivity (Wildman–Crippen MR) is 141 cm³/mol. The van der Waals surface area contributed by atoms with Crippen molar-refractivity contribution in [1.29, 1.82) is 0 Å². The number of nitrogens with zero attached hydrogens (tertiary/aromatic N) is 1. The summed E-state index contributed by atoms with van der Waals surface area (Å²) in [5.41, 5.74) is 1.78. The number of aromatic nitrogens is 2. The molecule has 190 valence electrons. The quantitative estimate of drug-likeness (QED) is 0.360. The molecule has 3 N–H and O–H groups in total. The number of hydrogen-bond donors (Lipinski definition) is 3. The van der Waals surface area contributed by atoms with E-state index in [-0.39, 0.29) is 23.5 Å². The van der Waals surface area contributed by atoms with Crippen molar-refractivity contribution < 1.29 is 18.0 Å². The van der Waals surface area contributed by atoms with Crippen LogP contribution in [0, 0.1) is 0 Å². The summed E-state index contributed by atoms with van der Waals surface area (Å²) < 4.78 is 26.1. The van der Waals surface area contributed by atoms with Crippen LogP contribution < -0.4 is 16.2 Å². The van der Waals surface area contributed by atoms with Crippen molar-refractivity contribution in [3.63, 3.8) is 0 Å². The molecule has 5 rings (SSSR count). The Morgan fingerprint density at radius 2 is 1.65 bits per heavy atom. The van der Waals surface area contributed by atoms with E-state index in [1.807, 2.05) is 0 Å². The minimum Gasteiger partial charge on any atom is -0.360 e. The zero-order valence-corrected chi connectivity index (χ0v) is 21.1. The molecule has 4 aromatic rings. The van der Waals surface area contributed by atoms with Gasteiger partial charge in [-0.25, -0.2) is 8.42 Å². The number of amides is 2. The molecule has 2 atom stereocenters. The van der Waals surface area contributed by atoms with Gasteiger partial charge in [-0.2, -0.15) is 0 Å². The molecule has 0 spiro atoms. The largest absolute Gasteiger partial charge is 0.360 e. The Morgan fingerprint density at radius 1 is 0.946 bits per heavy atom. The van der Waals surface area contributed by atoms with Crippen molar-refractivity contribution in [2.45, 2.75) is 18.5 Å². The van der Waals surface area contributed by atoms with Crippen LogP contribution in [0.4, 0.5) is 0 Å². The monoisotopic (exact) mass is 538 g/mol. The molecule has 0 radical (unpaired) electrons. The average Bonchev–Trinajstić information content (AvgIpc) is 3.25. The van der Waals surface area contributed by atoms with Crippen LogP contribution >= 0.6 is 11.6 Å². The van der Waals surface area contributed by atoms with Crippen LogP contribution in [0.1, 0.15) is 27.1 Å². The van der Waals surface area contributed by atoms with Crippen LogP contribution in [0.2, 0.25) is 5.02 Å². The van der Waals surface area contributed by atoms with Crippen LogP contribution in [0.5, 0.6) is 0 Å². The van der Waals surface area contributed by atoms with Gasteiger partial charge in [0.1, 0.15) is 0 Å². The number of pyridine rings is 1. The lowest BCUT2D eigenvalue weighted by atomic mass is 10.0. The van der Waals surface area contributed by atoms with Crippen molar-refractivity contribution in [2.75, 3.05) is 11.5 Å². The number of H-pyrrole nitrogens is 1. The number of carbonyl (C=O) groups is 2. The number of sulfone groups is 1. The number of nitrogens with one attached hydrogen (secondary N) is 3. The Bertz CT molecular complexity index is 1660. The molecule has 11 heteroatoms. The highest BCUT2D eigenvalue weighted by Gasteiger charge is 2.35. The number of carbonyl (C=O) groups excluding carboxylic acids is 2. The number of aromatic amines is 1. The van der Waals surface area contributed by atoms with Crippen LogP contribution in [-0.4, -0.2) is 53.4 Å². The molecule has 0 saturated carbocycles. The van der Waals surface area contributed by atoms with E-state index in [0.29, 0.717) is 27.4 Å². The van der Waals surface area contributed by atoms with Crippen LogP contribution in [0.3, 0.4) is 0 Å². The Hall–Kier alpha value is -3.89. The lowest BCUT2D eigenvalue weighted by Gasteiger charge is -2.32. The standard InChI is InChI=1S/C26H23ClN4O5S/c27-20-14-28-22-13-17(6-9-19(20)22)26(34)30-23-15-37(35,36)12-10-21(23)29-25(33)16-4-7-18(8-5-16)31-11-2-1-3-24(31)32/h1-9,11,13-14,21,23,28H,10,12,15H2,(H,29,33)(H,30,34)/t21-,23-/m0/s1. The topological polar surface area (TPSA) is 130 Å². The molecule has 1 saturated heterocycles. The van der Waals surface area contributed by atoms with E-state index in [0.717, 1.165) is 5.39 Å². The first-order chi connectivity index (χ1) is 17.7. The summed E-state index contributed by atoms with van der Waals surface area (Å²) in [5.74, 6) is -1.23. The number of halogens is 1. The van der Waals surface area contributed by atoms with E-state index in [9.17, 15) is 22.8 Å². The van der Waals surface area contributed by atoms with E-state index in [4.69, 9.17) is 11.6 Å². The Balaban J connectivity index is 1.32. The van der Waals surface area contributed by atoms with Gasteiger partial charge in [0.2, 0.25) is 0 Å². The lowest BCUT2D eigenvalue weighted by molar-refractivity contribution is 0.0885. The van der Waals surface area contributed by atoms with Gasteiger partial charge in [-0.1, -0.05) is 23.7 Å². The minimum absolute atomic E-state index is 0.0902. The maximum Gasteiger partial charge on any atom is 0.255 e. The average molecular weight is 539 g/mol. The van der Waals surface area contributed by atoms with Crippen molar-refractivity contribution in [2.24, 2.45) is 0 Å². The van der Waals surface area contributed by atoms with Crippen LogP contribution in [-0.2, 0) is 9.84 Å². The first kappa shape index (κ1) is 24.8. The Kier molecular flexibility index (Phi) is 6.61. The molecule has 0 bridgehead atoms. The van der Waals surface area contributed by atoms with Crippen molar-refractivity contribution in [1.82, 2.24) is 20.2 Å². The minimum atomic E-state index is -3.39. The van der Waals surface area contributed by atoms with E-state index in [2.05, 4.69) is 15.6 Å². The summed E-state index contributed by atoms with van der Waals surface area (Å²) in [6.45, 7) is 0. The second-order valence-electron chi connectivity index (χ2n) is 8.92. The smallest absolute Gasteiger partial charge is 0.255 e. The molecule has 3 heterocycles. The lowest BCUT2D eigenvalue weighted by Crippen LogP contribution is -2.58. The fourth-order valence-electron chi connectivity index (χ4n) is 4.45. The van der Waals surface area contributed by atoms with Crippen molar-refractivity contribution >= 4 is 44.2 Å². The van der Waals surface area contributed by atoms with Gasteiger partial charge in [-0.15, -0.1) is 0 Å². The predicted octanol–water partition coefficient (Wildman–Crippen LogP) is 2.69. The van der Waals surface area contributed by atoms with E-state index < -0.39 is 33.7 Å². The third kappa shape index (κ3) is 5.30. The Morgan fingerprint density at radius 3 is 2.41 bits per heavy atom. The van der Waals surface area contributed by atoms with Crippen molar-refractivity contribution in [3.8, 4) is 5.69 Å². The molecule has 0 unspecified atom stereocenters. The molecule has 37 heavy (non-hydrogen) atoms. The number of fused-ring (bicyclic) bond motifs is 1. The maximum absolute atomic E-state index is 13.0. The molecular formula is C26H23ClN4O5S. The summed E-state index contributed by atoms with van der Waals surface area (Å²) in [5, 5.41) is 6.97. The van der Waals surface area contributed by atoms with Crippen molar-refractivity contribution in [3.05, 3.63) is 99.6 Å². The van der Waals surface area contributed by atoms with Gasteiger partial charge in [0, 0.05) is 46.2 Å². The normalized spacial score (nSPS) is 18.8. The highest BCUT2D eigenvalue weighted by molar-refractivity contribution is 7.91. The highest BCUT2D eigenvalue weighted by Crippen LogP contribution is 2.24. The second-order valence-corrected chi connectivity index (χ2v) is 11.6. The fraction of sp³-hybridized carbons (Fsp3) is 0.192. The molecule has 1 fully saturated rings. The van der Waals surface area contributed by atoms with E-state index in [1.54, 1.807) is 67.0 Å². The number of benzene rings is 2. The highest BCUT2D eigenvalue weighted by atomic mass is 35.5. The molecule has 0 aliphatic carbocycles. The summed E-state index contributed by atoms with van der Waals surface area (Å²) in [6.07, 6.45) is 3.43. The van der Waals surface area contributed by atoms with Gasteiger partial charge >= 0.3 is 0 Å². The SMILES string of the molecule is O=C(N[C@H]1CCS(=O)(=O)C[C@@H]1NC(=O)c1ccc2c(Cl)c[nH]c2c1)c1ccc(-n2ccccc2=O)cc1. The molecule has 2 aromatic carbocycles. The Labute approximate surface area is 217 Å². The van der Waals surface area contributed by atoms with Gasteiger partial charge in [-0.05, 0) is 48.9 Å². The molecule has 1 aliphatic rings. The first-order valence-corrected chi connectivity index (χ1v) is 13.8. The third-order valence-electron chi connectivity index (χ3n) is 6.42. The van der Waals surface area contributed by atoms with E-state index >= 15 is 0 Å². The van der Waals surface area contributed by atoms with Crippen LogP contribution in [0.15, 0.2) is 77.9 Å². The zero-order valence-electron chi connectivity index (χ0n) is 19.5. The van der Waals surface area contributed by atoms with Gasteiger partial charge in [-0.3, -0.25) is 19.0 Å². The molecular weight excluding hydrogens is 516 g/mol. The van der Waals surface area contributed by atoms with Crippen LogP contribution in [0.25, 0.3) is 16.6 Å². The number of rotatable bonds is 5. The number of hydrogen-bond acceptors (Lipinski definition) is 5. The first-order valence-electron chi connectivity index (χ1n) is 11.6. The summed E-state index contributed by atoms with van der Waals surface area (Å²) in [6, 6.07) is 14.9. The zero-order chi connectivity index (χ0) is 26.2. The summed E-state index contributed by atoms with van der Waals surface area (Å²) in [7, 11) is -3.39. The summed E-state index contributed by atoms with van der Waals surface area (Å²) >= 11 is 6.10.